The monoisotopic (exact) mass is 315 g/mol. The number of methoxy groups -OCH3 is 1. The van der Waals surface area contributed by atoms with Crippen molar-refractivity contribution in [2.24, 2.45) is 0 Å². The van der Waals surface area contributed by atoms with Crippen molar-refractivity contribution in [3.63, 3.8) is 0 Å². The number of thiophene rings is 1. The number of carbonyl (C=O) groups is 1. The second-order valence-electron chi connectivity index (χ2n) is 4.90. The maximum atomic E-state index is 11.9. The Morgan fingerprint density at radius 2 is 2.32 bits per heavy atom. The van der Waals surface area contributed by atoms with Crippen molar-refractivity contribution in [1.29, 1.82) is 0 Å². The molecule has 0 fully saturated rings. The number of nitrogens with zero attached hydrogens (tertiary/aromatic N) is 2. The molecule has 3 aromatic rings. The third kappa shape index (κ3) is 3.28. The fourth-order valence-electron chi connectivity index (χ4n) is 2.27. The summed E-state index contributed by atoms with van der Waals surface area (Å²) in [5, 5.41) is 10.3. The fourth-order valence-corrected chi connectivity index (χ4v) is 2.91. The Kier molecular flexibility index (Phi) is 4.39. The van der Waals surface area contributed by atoms with Gasteiger partial charge in [-0.05, 0) is 29.6 Å². The molecule has 0 bridgehead atoms. The number of hydrogen-bond donors (Lipinski definition) is 1. The molecule has 0 saturated heterocycles. The van der Waals surface area contributed by atoms with E-state index >= 15 is 0 Å². The van der Waals surface area contributed by atoms with Crippen LogP contribution in [0, 0.1) is 0 Å². The maximum Gasteiger partial charge on any atom is 0.222 e. The number of amides is 1. The van der Waals surface area contributed by atoms with Crippen molar-refractivity contribution >= 4 is 28.1 Å². The topological polar surface area (TPSA) is 56.2 Å². The van der Waals surface area contributed by atoms with Crippen LogP contribution in [0.4, 0.5) is 0 Å². The van der Waals surface area contributed by atoms with Gasteiger partial charge in [0, 0.05) is 16.7 Å². The van der Waals surface area contributed by atoms with Crippen molar-refractivity contribution in [3.8, 4) is 5.75 Å². The molecule has 5 nitrogen and oxygen atoms in total. The first kappa shape index (κ1) is 14.6. The summed E-state index contributed by atoms with van der Waals surface area (Å²) < 4.78 is 7.04. The van der Waals surface area contributed by atoms with Gasteiger partial charge < -0.3 is 10.1 Å². The molecule has 114 valence electrons. The largest absolute Gasteiger partial charge is 0.497 e. The number of rotatable bonds is 6. The van der Waals surface area contributed by atoms with Gasteiger partial charge in [0.05, 0.1) is 31.9 Å². The van der Waals surface area contributed by atoms with E-state index < -0.39 is 0 Å². The predicted octanol–water partition coefficient (Wildman–Crippen LogP) is 2.81. The van der Waals surface area contributed by atoms with Crippen LogP contribution in [0.2, 0.25) is 0 Å². The molecule has 22 heavy (non-hydrogen) atoms. The normalized spacial score (nSPS) is 10.8. The number of fused-ring (bicyclic) bond motifs is 1. The van der Waals surface area contributed by atoms with Crippen LogP contribution in [0.1, 0.15) is 11.3 Å². The summed E-state index contributed by atoms with van der Waals surface area (Å²) in [5.74, 6) is 0.839. The highest BCUT2D eigenvalue weighted by Gasteiger charge is 2.07. The molecular weight excluding hydrogens is 298 g/mol. The average Bonchev–Trinajstić information content (AvgIpc) is 3.19. The molecule has 2 heterocycles. The van der Waals surface area contributed by atoms with Crippen molar-refractivity contribution < 1.29 is 9.53 Å². The lowest BCUT2D eigenvalue weighted by molar-refractivity contribution is -0.121. The molecule has 0 aliphatic carbocycles. The Labute approximate surface area is 132 Å². The summed E-state index contributed by atoms with van der Waals surface area (Å²) in [5.41, 5.74) is 1.01. The molecule has 6 heteroatoms. The third-order valence-electron chi connectivity index (χ3n) is 3.44. The number of aryl methyl sites for hydroxylation is 1. The zero-order chi connectivity index (χ0) is 15.4. The fraction of sp³-hybridized carbons (Fsp3) is 0.250. The number of aromatic nitrogens is 2. The van der Waals surface area contributed by atoms with Gasteiger partial charge in [0.1, 0.15) is 5.75 Å². The zero-order valence-corrected chi connectivity index (χ0v) is 13.1. The molecule has 0 aliphatic rings. The van der Waals surface area contributed by atoms with E-state index in [1.165, 1.54) is 0 Å². The molecule has 2 aromatic heterocycles. The minimum Gasteiger partial charge on any atom is -0.497 e. The summed E-state index contributed by atoms with van der Waals surface area (Å²) in [6.45, 7) is 1.15. The minimum atomic E-state index is 0.0329. The highest BCUT2D eigenvalue weighted by Crippen LogP contribution is 2.20. The third-order valence-corrected chi connectivity index (χ3v) is 4.32. The molecule has 1 N–H and O–H groups in total. The van der Waals surface area contributed by atoms with E-state index in [1.807, 2.05) is 40.4 Å². The van der Waals surface area contributed by atoms with Crippen molar-refractivity contribution in [1.82, 2.24) is 15.1 Å². The Bertz CT molecular complexity index is 765. The number of carbonyl (C=O) groups excluding carboxylic acids is 1. The van der Waals surface area contributed by atoms with E-state index in [4.69, 9.17) is 4.74 Å². The first-order valence-electron chi connectivity index (χ1n) is 7.05. The van der Waals surface area contributed by atoms with Crippen LogP contribution in [0.3, 0.4) is 0 Å². The van der Waals surface area contributed by atoms with Crippen molar-refractivity contribution in [3.05, 3.63) is 46.8 Å². The van der Waals surface area contributed by atoms with E-state index in [2.05, 4.69) is 10.4 Å². The van der Waals surface area contributed by atoms with Crippen LogP contribution in [-0.2, 0) is 17.9 Å². The SMILES string of the molecule is COc1ccc2c(cnn2CCC(=O)NCc2cccs2)c1. The molecule has 1 amide bonds. The predicted molar refractivity (Wildman–Crippen MR) is 87.1 cm³/mol. The smallest absolute Gasteiger partial charge is 0.222 e. The molecule has 0 atom stereocenters. The standard InChI is InChI=1S/C16H17N3O2S/c1-21-13-4-5-15-12(9-13)10-18-19(15)7-6-16(20)17-11-14-3-2-8-22-14/h2-5,8-10H,6-7,11H2,1H3,(H,17,20). The molecule has 0 spiro atoms. The number of benzene rings is 1. The van der Waals surface area contributed by atoms with Crippen LogP contribution in [0.25, 0.3) is 10.9 Å². The Hall–Kier alpha value is -2.34. The van der Waals surface area contributed by atoms with Gasteiger partial charge >= 0.3 is 0 Å². The highest BCUT2D eigenvalue weighted by atomic mass is 32.1. The van der Waals surface area contributed by atoms with E-state index in [0.717, 1.165) is 21.5 Å². The lowest BCUT2D eigenvalue weighted by atomic mass is 10.2. The summed E-state index contributed by atoms with van der Waals surface area (Å²) in [7, 11) is 1.64. The quantitative estimate of drug-likeness (QED) is 0.761. The van der Waals surface area contributed by atoms with Crippen LogP contribution in [0.5, 0.6) is 5.75 Å². The van der Waals surface area contributed by atoms with Gasteiger partial charge in [0.15, 0.2) is 0 Å². The van der Waals surface area contributed by atoms with Crippen LogP contribution in [0.15, 0.2) is 41.9 Å². The van der Waals surface area contributed by atoms with Gasteiger partial charge in [-0.15, -0.1) is 11.3 Å². The number of nitrogens with one attached hydrogen (secondary N) is 1. The van der Waals surface area contributed by atoms with Crippen LogP contribution < -0.4 is 10.1 Å². The molecule has 3 rings (SSSR count). The summed E-state index contributed by atoms with van der Waals surface area (Å²) in [4.78, 5) is 13.1. The van der Waals surface area contributed by atoms with E-state index in [-0.39, 0.29) is 5.91 Å². The second-order valence-corrected chi connectivity index (χ2v) is 5.93. The van der Waals surface area contributed by atoms with E-state index in [1.54, 1.807) is 24.6 Å². The average molecular weight is 315 g/mol. The van der Waals surface area contributed by atoms with Gasteiger partial charge in [-0.3, -0.25) is 9.48 Å². The van der Waals surface area contributed by atoms with E-state index in [9.17, 15) is 4.79 Å². The Balaban J connectivity index is 1.58. The maximum absolute atomic E-state index is 11.9. The lowest BCUT2D eigenvalue weighted by Crippen LogP contribution is -2.23. The first-order chi connectivity index (χ1) is 10.8. The zero-order valence-electron chi connectivity index (χ0n) is 12.3. The summed E-state index contributed by atoms with van der Waals surface area (Å²) in [6.07, 6.45) is 2.20. The second kappa shape index (κ2) is 6.62. The van der Waals surface area contributed by atoms with Gasteiger partial charge in [0.25, 0.3) is 0 Å². The summed E-state index contributed by atoms with van der Waals surface area (Å²) >= 11 is 1.64. The molecule has 0 unspecified atom stereocenters. The van der Waals surface area contributed by atoms with Crippen molar-refractivity contribution in [2.45, 2.75) is 19.5 Å². The van der Waals surface area contributed by atoms with Crippen LogP contribution >= 0.6 is 11.3 Å². The minimum absolute atomic E-state index is 0.0329. The first-order valence-corrected chi connectivity index (χ1v) is 7.93. The number of ether oxygens (including phenoxy) is 1. The van der Waals surface area contributed by atoms with Gasteiger partial charge in [-0.1, -0.05) is 6.07 Å². The van der Waals surface area contributed by atoms with Crippen molar-refractivity contribution in [2.75, 3.05) is 7.11 Å². The van der Waals surface area contributed by atoms with Gasteiger partial charge in [0.2, 0.25) is 5.91 Å². The number of hydrogen-bond acceptors (Lipinski definition) is 4. The molecule has 0 radical (unpaired) electrons. The van der Waals surface area contributed by atoms with E-state index in [0.29, 0.717) is 19.5 Å². The van der Waals surface area contributed by atoms with Gasteiger partial charge in [-0.25, -0.2) is 0 Å². The lowest BCUT2D eigenvalue weighted by Gasteiger charge is -2.06. The Morgan fingerprint density at radius 1 is 1.41 bits per heavy atom. The molecule has 0 aliphatic heterocycles. The Morgan fingerprint density at radius 3 is 3.09 bits per heavy atom. The summed E-state index contributed by atoms with van der Waals surface area (Å²) in [6, 6.07) is 9.80. The molecule has 1 aromatic carbocycles. The van der Waals surface area contributed by atoms with Gasteiger partial charge in [-0.2, -0.15) is 5.10 Å². The van der Waals surface area contributed by atoms with Crippen LogP contribution in [-0.4, -0.2) is 22.8 Å². The highest BCUT2D eigenvalue weighted by molar-refractivity contribution is 7.09. The molecule has 0 saturated carbocycles. The molecular formula is C16H17N3O2S.